The van der Waals surface area contributed by atoms with Gasteiger partial charge < -0.3 is 0 Å². The van der Waals surface area contributed by atoms with Crippen molar-refractivity contribution < 1.29 is 8.78 Å². The molecule has 3 rings (SSSR count). The predicted molar refractivity (Wildman–Crippen MR) is 84.4 cm³/mol. The van der Waals surface area contributed by atoms with Gasteiger partial charge in [-0.25, -0.2) is 22.7 Å². The summed E-state index contributed by atoms with van der Waals surface area (Å²) < 4.78 is 30.0. The molecule has 8 heteroatoms. The van der Waals surface area contributed by atoms with Crippen LogP contribution in [0.15, 0.2) is 40.2 Å². The lowest BCUT2D eigenvalue weighted by Gasteiger charge is -2.05. The molecule has 2 aromatic heterocycles. The second kappa shape index (κ2) is 6.03. The monoisotopic (exact) mass is 334 g/mol. The van der Waals surface area contributed by atoms with Crippen molar-refractivity contribution in [1.29, 1.82) is 0 Å². The van der Waals surface area contributed by atoms with E-state index in [0.29, 0.717) is 12.5 Å². The second-order valence-electron chi connectivity index (χ2n) is 5.95. The van der Waals surface area contributed by atoms with Gasteiger partial charge in [-0.15, -0.1) is 5.10 Å². The molecule has 0 N–H and O–H groups in total. The van der Waals surface area contributed by atoms with Gasteiger partial charge in [-0.3, -0.25) is 9.36 Å². The van der Waals surface area contributed by atoms with Crippen LogP contribution in [0.1, 0.15) is 20.3 Å². The second-order valence-corrected chi connectivity index (χ2v) is 5.95. The molecular formula is C16H16F2N4O2. The number of fused-ring (bicyclic) bond motifs is 1. The van der Waals surface area contributed by atoms with Gasteiger partial charge in [0.05, 0.1) is 5.69 Å². The summed E-state index contributed by atoms with van der Waals surface area (Å²) in [6.45, 7) is 4.45. The summed E-state index contributed by atoms with van der Waals surface area (Å²) in [5.74, 6) is -1.67. The lowest BCUT2D eigenvalue weighted by Crippen LogP contribution is -2.24. The van der Waals surface area contributed by atoms with Crippen LogP contribution in [-0.4, -0.2) is 18.7 Å². The maximum atomic E-state index is 13.4. The molecule has 0 unspecified atom stereocenters. The number of hydrogen-bond donors (Lipinski definition) is 0. The molecule has 0 aliphatic heterocycles. The van der Waals surface area contributed by atoms with Gasteiger partial charge in [0.25, 0.3) is 0 Å². The van der Waals surface area contributed by atoms with E-state index in [-0.39, 0.29) is 11.3 Å². The first-order valence-corrected chi connectivity index (χ1v) is 7.54. The van der Waals surface area contributed by atoms with Gasteiger partial charge in [0.15, 0.2) is 11.6 Å². The maximum Gasteiger partial charge on any atom is 0.350 e. The van der Waals surface area contributed by atoms with E-state index in [1.807, 2.05) is 13.8 Å². The molecule has 2 heterocycles. The summed E-state index contributed by atoms with van der Waals surface area (Å²) in [6.07, 6.45) is 3.47. The average Bonchev–Trinajstić information content (AvgIpc) is 2.86. The van der Waals surface area contributed by atoms with E-state index in [2.05, 4.69) is 5.10 Å². The molecule has 0 bridgehead atoms. The van der Waals surface area contributed by atoms with Gasteiger partial charge in [-0.05, 0) is 24.5 Å². The highest BCUT2D eigenvalue weighted by molar-refractivity contribution is 5.40. The fourth-order valence-electron chi connectivity index (χ4n) is 2.37. The van der Waals surface area contributed by atoms with Crippen LogP contribution in [0.5, 0.6) is 0 Å². The van der Waals surface area contributed by atoms with Crippen molar-refractivity contribution >= 4 is 5.65 Å². The predicted octanol–water partition coefficient (Wildman–Crippen LogP) is 1.97. The Hall–Kier alpha value is -2.77. The number of rotatable bonds is 4. The van der Waals surface area contributed by atoms with Gasteiger partial charge in [0.2, 0.25) is 5.65 Å². The smallest absolute Gasteiger partial charge is 0.279 e. The van der Waals surface area contributed by atoms with E-state index >= 15 is 0 Å². The number of halogens is 2. The van der Waals surface area contributed by atoms with Crippen molar-refractivity contribution in [3.63, 3.8) is 0 Å². The van der Waals surface area contributed by atoms with E-state index in [1.54, 1.807) is 0 Å². The molecule has 0 amide bonds. The summed E-state index contributed by atoms with van der Waals surface area (Å²) in [6, 6.07) is 3.14. The number of aryl methyl sites for hydroxylation is 1. The van der Waals surface area contributed by atoms with E-state index in [1.165, 1.54) is 23.1 Å². The molecule has 126 valence electrons. The Morgan fingerprint density at radius 3 is 2.54 bits per heavy atom. The molecule has 0 saturated carbocycles. The quantitative estimate of drug-likeness (QED) is 0.733. The Morgan fingerprint density at radius 2 is 1.88 bits per heavy atom. The van der Waals surface area contributed by atoms with Crippen LogP contribution in [-0.2, 0) is 6.54 Å². The molecule has 0 atom stereocenters. The molecule has 0 fully saturated rings. The normalized spacial score (nSPS) is 11.5. The Morgan fingerprint density at radius 1 is 1.12 bits per heavy atom. The van der Waals surface area contributed by atoms with Crippen LogP contribution in [0, 0.1) is 17.6 Å². The lowest BCUT2D eigenvalue weighted by molar-refractivity contribution is 0.478. The van der Waals surface area contributed by atoms with Crippen LogP contribution in [0.25, 0.3) is 11.3 Å². The molecule has 0 aliphatic rings. The fourth-order valence-corrected chi connectivity index (χ4v) is 2.37. The van der Waals surface area contributed by atoms with Gasteiger partial charge in [0, 0.05) is 25.0 Å². The molecular weight excluding hydrogens is 318 g/mol. The van der Waals surface area contributed by atoms with Gasteiger partial charge in [-0.2, -0.15) is 0 Å². The SMILES string of the molecule is CC(C)CCn1nc2c(=O)n(-c3ccc(F)c(F)c3)ccn2c1=O. The van der Waals surface area contributed by atoms with Crippen LogP contribution < -0.4 is 11.2 Å². The van der Waals surface area contributed by atoms with Crippen LogP contribution in [0.4, 0.5) is 8.78 Å². The maximum absolute atomic E-state index is 13.4. The summed E-state index contributed by atoms with van der Waals surface area (Å²) in [5, 5.41) is 4.08. The van der Waals surface area contributed by atoms with Crippen LogP contribution in [0.3, 0.4) is 0 Å². The highest BCUT2D eigenvalue weighted by atomic mass is 19.2. The van der Waals surface area contributed by atoms with Crippen molar-refractivity contribution in [3.8, 4) is 5.69 Å². The standard InChI is InChI=1S/C16H16F2N4O2/c1-10(2)5-6-22-16(24)21-8-7-20(15(23)14(21)19-22)11-3-4-12(17)13(18)9-11/h3-4,7-10H,5-6H2,1-2H3. The minimum atomic E-state index is -1.06. The van der Waals surface area contributed by atoms with Crippen LogP contribution >= 0.6 is 0 Å². The molecule has 0 saturated heterocycles. The van der Waals surface area contributed by atoms with E-state index in [0.717, 1.165) is 27.5 Å². The van der Waals surface area contributed by atoms with Gasteiger partial charge in [-0.1, -0.05) is 13.8 Å². The van der Waals surface area contributed by atoms with Gasteiger partial charge >= 0.3 is 11.2 Å². The largest absolute Gasteiger partial charge is 0.350 e. The third kappa shape index (κ3) is 2.75. The number of nitrogens with zero attached hydrogens (tertiary/aromatic N) is 4. The summed E-state index contributed by atoms with van der Waals surface area (Å²) >= 11 is 0. The molecule has 1 aromatic carbocycles. The van der Waals surface area contributed by atoms with E-state index in [4.69, 9.17) is 0 Å². The topological polar surface area (TPSA) is 61.3 Å². The van der Waals surface area contributed by atoms with E-state index < -0.39 is 22.9 Å². The first-order valence-electron chi connectivity index (χ1n) is 7.54. The summed E-state index contributed by atoms with van der Waals surface area (Å²) in [7, 11) is 0. The van der Waals surface area contributed by atoms with E-state index in [9.17, 15) is 18.4 Å². The molecule has 0 spiro atoms. The lowest BCUT2D eigenvalue weighted by atomic mass is 10.1. The Balaban J connectivity index is 2.12. The minimum absolute atomic E-state index is 0.0593. The molecule has 6 nitrogen and oxygen atoms in total. The molecule has 24 heavy (non-hydrogen) atoms. The average molecular weight is 334 g/mol. The van der Waals surface area contributed by atoms with Crippen molar-refractivity contribution in [2.45, 2.75) is 26.8 Å². The molecule has 0 radical (unpaired) electrons. The summed E-state index contributed by atoms with van der Waals surface area (Å²) in [5.41, 5.74) is -0.884. The van der Waals surface area contributed by atoms with Crippen molar-refractivity contribution in [2.24, 2.45) is 5.92 Å². The molecule has 3 aromatic rings. The first-order chi connectivity index (χ1) is 11.4. The first kappa shape index (κ1) is 16.1. The number of benzene rings is 1. The minimum Gasteiger partial charge on any atom is -0.279 e. The Labute approximate surface area is 135 Å². The summed E-state index contributed by atoms with van der Waals surface area (Å²) in [4.78, 5) is 24.8. The Kier molecular flexibility index (Phi) is 4.04. The third-order valence-corrected chi connectivity index (χ3v) is 3.75. The third-order valence-electron chi connectivity index (χ3n) is 3.75. The zero-order valence-electron chi connectivity index (χ0n) is 13.2. The van der Waals surface area contributed by atoms with Crippen molar-refractivity contribution in [2.75, 3.05) is 0 Å². The van der Waals surface area contributed by atoms with Crippen LogP contribution in [0.2, 0.25) is 0 Å². The van der Waals surface area contributed by atoms with Gasteiger partial charge in [0.1, 0.15) is 0 Å². The molecule has 0 aliphatic carbocycles. The number of aromatic nitrogens is 4. The highest BCUT2D eigenvalue weighted by Gasteiger charge is 2.13. The number of hydrogen-bond acceptors (Lipinski definition) is 3. The van der Waals surface area contributed by atoms with Crippen molar-refractivity contribution in [1.82, 2.24) is 18.7 Å². The highest BCUT2D eigenvalue weighted by Crippen LogP contribution is 2.11. The fraction of sp³-hybridized carbons (Fsp3) is 0.312. The zero-order chi connectivity index (χ0) is 17.4. The Bertz CT molecular complexity index is 1020. The van der Waals surface area contributed by atoms with Crippen molar-refractivity contribution in [3.05, 3.63) is 63.1 Å². The zero-order valence-corrected chi connectivity index (χ0v) is 13.2.